The molecule has 19 heavy (non-hydrogen) atoms. The fourth-order valence-electron chi connectivity index (χ4n) is 2.33. The van der Waals surface area contributed by atoms with E-state index < -0.39 is 0 Å². The molecule has 4 nitrogen and oxygen atoms in total. The first kappa shape index (κ1) is 12.5. The van der Waals surface area contributed by atoms with Gasteiger partial charge in [0.15, 0.2) is 5.82 Å². The monoisotopic (exact) mass is 275 g/mol. The van der Waals surface area contributed by atoms with E-state index in [-0.39, 0.29) is 0 Å². The van der Waals surface area contributed by atoms with Crippen molar-refractivity contribution in [2.45, 2.75) is 36.1 Å². The van der Waals surface area contributed by atoms with E-state index in [2.05, 4.69) is 15.2 Å². The zero-order chi connectivity index (χ0) is 13.1. The Bertz CT molecular complexity index is 532. The van der Waals surface area contributed by atoms with Crippen molar-refractivity contribution in [2.24, 2.45) is 0 Å². The summed E-state index contributed by atoms with van der Waals surface area (Å²) in [4.78, 5) is 4.55. The number of nitrogens with zero attached hydrogens (tertiary/aromatic N) is 2. The highest BCUT2D eigenvalue weighted by atomic mass is 32.2. The van der Waals surface area contributed by atoms with Crippen LogP contribution in [0.25, 0.3) is 11.4 Å². The lowest BCUT2D eigenvalue weighted by Crippen LogP contribution is -1.93. The van der Waals surface area contributed by atoms with E-state index in [1.54, 1.807) is 18.9 Å². The van der Waals surface area contributed by atoms with Crippen molar-refractivity contribution >= 4 is 11.8 Å². The average Bonchev–Trinajstić information content (AvgIpc) is 3.11. The summed E-state index contributed by atoms with van der Waals surface area (Å²) >= 11 is 1.80. The van der Waals surface area contributed by atoms with Crippen molar-refractivity contribution in [3.05, 3.63) is 24.3 Å². The van der Waals surface area contributed by atoms with Gasteiger partial charge in [-0.3, -0.25) is 5.10 Å². The Kier molecular flexibility index (Phi) is 3.73. The molecule has 0 radical (unpaired) electrons. The largest absolute Gasteiger partial charge is 0.497 e. The third-order valence-electron chi connectivity index (χ3n) is 3.40. The molecular weight excluding hydrogens is 258 g/mol. The molecule has 3 rings (SSSR count). The molecule has 2 aromatic rings. The summed E-state index contributed by atoms with van der Waals surface area (Å²) in [5.41, 5.74) is 1.03. The van der Waals surface area contributed by atoms with Crippen molar-refractivity contribution in [1.29, 1.82) is 0 Å². The van der Waals surface area contributed by atoms with Gasteiger partial charge in [-0.25, -0.2) is 4.98 Å². The number of aromatic nitrogens is 3. The Morgan fingerprint density at radius 1 is 1.21 bits per heavy atom. The number of ether oxygens (including phenoxy) is 1. The van der Waals surface area contributed by atoms with Gasteiger partial charge in [0.2, 0.25) is 5.16 Å². The van der Waals surface area contributed by atoms with Crippen LogP contribution in [0.4, 0.5) is 0 Å². The van der Waals surface area contributed by atoms with E-state index in [1.807, 2.05) is 24.3 Å². The van der Waals surface area contributed by atoms with Gasteiger partial charge in [0.25, 0.3) is 0 Å². The van der Waals surface area contributed by atoms with Crippen LogP contribution in [-0.4, -0.2) is 27.5 Å². The van der Waals surface area contributed by atoms with Gasteiger partial charge in [-0.2, -0.15) is 0 Å². The molecule has 1 aromatic carbocycles. The molecular formula is C14H17N3OS. The van der Waals surface area contributed by atoms with Crippen LogP contribution >= 0.6 is 11.8 Å². The second-order valence-corrected chi connectivity index (χ2v) is 5.99. The normalized spacial score (nSPS) is 15.8. The summed E-state index contributed by atoms with van der Waals surface area (Å²) in [6.45, 7) is 0. The summed E-state index contributed by atoms with van der Waals surface area (Å²) in [6, 6.07) is 7.84. The van der Waals surface area contributed by atoms with Crippen LogP contribution in [0.2, 0.25) is 0 Å². The minimum atomic E-state index is 0.694. The highest BCUT2D eigenvalue weighted by Gasteiger charge is 2.18. The first-order chi connectivity index (χ1) is 9.35. The molecule has 1 heterocycles. The van der Waals surface area contributed by atoms with E-state index in [4.69, 9.17) is 4.74 Å². The molecule has 0 saturated heterocycles. The van der Waals surface area contributed by atoms with Crippen molar-refractivity contribution in [3.8, 4) is 17.1 Å². The Balaban J connectivity index is 1.72. The van der Waals surface area contributed by atoms with Gasteiger partial charge in [-0.05, 0) is 37.1 Å². The quantitative estimate of drug-likeness (QED) is 0.927. The minimum Gasteiger partial charge on any atom is -0.497 e. The lowest BCUT2D eigenvalue weighted by Gasteiger charge is -2.03. The predicted molar refractivity (Wildman–Crippen MR) is 76.5 cm³/mol. The molecule has 0 aliphatic heterocycles. The number of H-pyrrole nitrogens is 1. The Morgan fingerprint density at radius 3 is 2.63 bits per heavy atom. The van der Waals surface area contributed by atoms with Crippen LogP contribution in [-0.2, 0) is 0 Å². The van der Waals surface area contributed by atoms with Crippen molar-refractivity contribution in [3.63, 3.8) is 0 Å². The maximum Gasteiger partial charge on any atom is 0.209 e. The number of methoxy groups -OCH3 is 1. The van der Waals surface area contributed by atoms with Gasteiger partial charge in [0, 0.05) is 10.8 Å². The lowest BCUT2D eigenvalue weighted by atomic mass is 10.2. The zero-order valence-electron chi connectivity index (χ0n) is 10.9. The van der Waals surface area contributed by atoms with Gasteiger partial charge >= 0.3 is 0 Å². The number of rotatable bonds is 4. The first-order valence-electron chi connectivity index (χ1n) is 6.58. The molecule has 1 saturated carbocycles. The summed E-state index contributed by atoms with van der Waals surface area (Å²) in [7, 11) is 1.67. The minimum absolute atomic E-state index is 0.694. The first-order valence-corrected chi connectivity index (χ1v) is 7.46. The molecule has 1 N–H and O–H groups in total. The summed E-state index contributed by atoms with van der Waals surface area (Å²) < 4.78 is 5.15. The smallest absolute Gasteiger partial charge is 0.209 e. The van der Waals surface area contributed by atoms with E-state index in [9.17, 15) is 0 Å². The van der Waals surface area contributed by atoms with Gasteiger partial charge in [-0.15, -0.1) is 5.10 Å². The Morgan fingerprint density at radius 2 is 1.95 bits per heavy atom. The predicted octanol–water partition coefficient (Wildman–Crippen LogP) is 3.52. The molecule has 0 unspecified atom stereocenters. The maximum atomic E-state index is 5.15. The number of hydrogen-bond donors (Lipinski definition) is 1. The standard InChI is InChI=1S/C14H17N3OS/c1-18-11-8-6-10(7-9-11)13-15-14(17-16-13)19-12-4-2-3-5-12/h6-9,12H,2-5H2,1H3,(H,15,16,17). The van der Waals surface area contributed by atoms with Crippen molar-refractivity contribution in [1.82, 2.24) is 15.2 Å². The van der Waals surface area contributed by atoms with Gasteiger partial charge in [-0.1, -0.05) is 24.6 Å². The van der Waals surface area contributed by atoms with E-state index in [0.29, 0.717) is 5.25 Å². The van der Waals surface area contributed by atoms with Crippen LogP contribution in [0, 0.1) is 0 Å². The molecule has 0 atom stereocenters. The van der Waals surface area contributed by atoms with Crippen LogP contribution in [0.5, 0.6) is 5.75 Å². The van der Waals surface area contributed by atoms with Crippen LogP contribution in [0.1, 0.15) is 25.7 Å². The van der Waals surface area contributed by atoms with E-state index >= 15 is 0 Å². The SMILES string of the molecule is COc1ccc(-c2nc(SC3CCCC3)n[nH]2)cc1. The molecule has 1 aromatic heterocycles. The number of aromatic amines is 1. The fraction of sp³-hybridized carbons (Fsp3) is 0.429. The summed E-state index contributed by atoms with van der Waals surface area (Å²) in [6.07, 6.45) is 5.26. The third kappa shape index (κ3) is 2.92. The number of hydrogen-bond acceptors (Lipinski definition) is 4. The number of benzene rings is 1. The topological polar surface area (TPSA) is 50.8 Å². The van der Waals surface area contributed by atoms with Gasteiger partial charge in [0.05, 0.1) is 7.11 Å². The van der Waals surface area contributed by atoms with Gasteiger partial charge in [0.1, 0.15) is 5.75 Å². The molecule has 1 aliphatic carbocycles. The second kappa shape index (κ2) is 5.65. The summed E-state index contributed by atoms with van der Waals surface area (Å²) in [5.74, 6) is 1.67. The highest BCUT2D eigenvalue weighted by molar-refractivity contribution is 7.99. The number of thioether (sulfide) groups is 1. The molecule has 1 fully saturated rings. The molecule has 5 heteroatoms. The average molecular weight is 275 g/mol. The van der Waals surface area contributed by atoms with Crippen LogP contribution in [0.3, 0.4) is 0 Å². The van der Waals surface area contributed by atoms with Crippen LogP contribution in [0.15, 0.2) is 29.4 Å². The zero-order valence-corrected chi connectivity index (χ0v) is 11.7. The Hall–Kier alpha value is -1.49. The second-order valence-electron chi connectivity index (χ2n) is 4.72. The third-order valence-corrected chi connectivity index (χ3v) is 4.60. The van der Waals surface area contributed by atoms with Crippen molar-refractivity contribution < 1.29 is 4.74 Å². The van der Waals surface area contributed by atoms with Crippen LogP contribution < -0.4 is 4.74 Å². The maximum absolute atomic E-state index is 5.15. The molecule has 0 bridgehead atoms. The molecule has 0 spiro atoms. The molecule has 0 amide bonds. The van der Waals surface area contributed by atoms with Crippen molar-refractivity contribution in [2.75, 3.05) is 7.11 Å². The van der Waals surface area contributed by atoms with E-state index in [1.165, 1.54) is 25.7 Å². The highest BCUT2D eigenvalue weighted by Crippen LogP contribution is 2.33. The molecule has 100 valence electrons. The molecule has 1 aliphatic rings. The Labute approximate surface area is 117 Å². The summed E-state index contributed by atoms with van der Waals surface area (Å²) in [5, 5.41) is 8.86. The van der Waals surface area contributed by atoms with E-state index in [0.717, 1.165) is 22.3 Å². The number of nitrogens with one attached hydrogen (secondary N) is 1. The fourth-order valence-corrected chi connectivity index (χ4v) is 3.44. The van der Waals surface area contributed by atoms with Gasteiger partial charge < -0.3 is 4.74 Å². The lowest BCUT2D eigenvalue weighted by molar-refractivity contribution is 0.415.